The number of hydrogen-bond acceptors (Lipinski definition) is 7. The number of rotatable bonds is 13. The number of nitrogens with two attached hydrogens (primary N) is 1. The number of amides is 6. The van der Waals surface area contributed by atoms with Gasteiger partial charge < -0.3 is 31.9 Å². The number of ketones is 1. The number of thiophene rings is 1. The van der Waals surface area contributed by atoms with Crippen LogP contribution in [0.25, 0.3) is 0 Å². The van der Waals surface area contributed by atoms with E-state index in [-0.39, 0.29) is 23.7 Å². The van der Waals surface area contributed by atoms with Gasteiger partial charge in [-0.3, -0.25) is 24.0 Å². The molecule has 1 unspecified atom stereocenters. The molecule has 4 rings (SSSR count). The van der Waals surface area contributed by atoms with E-state index in [0.29, 0.717) is 38.8 Å². The maximum Gasteiger partial charge on any atom is 0.316 e. The zero-order chi connectivity index (χ0) is 34.5. The zero-order valence-electron chi connectivity index (χ0n) is 28.4. The van der Waals surface area contributed by atoms with E-state index < -0.39 is 58.6 Å². The molecule has 1 aromatic rings. The van der Waals surface area contributed by atoms with Crippen LogP contribution in [0, 0.1) is 23.2 Å². The topological polar surface area (TPSA) is 180 Å². The van der Waals surface area contributed by atoms with Gasteiger partial charge in [0, 0.05) is 11.4 Å². The van der Waals surface area contributed by atoms with Crippen molar-refractivity contribution in [1.29, 1.82) is 0 Å². The number of primary amides is 1. The second kappa shape index (κ2) is 15.2. The predicted molar refractivity (Wildman–Crippen MR) is 179 cm³/mol. The van der Waals surface area contributed by atoms with Crippen LogP contribution < -0.4 is 27.0 Å². The van der Waals surface area contributed by atoms with Gasteiger partial charge in [0.1, 0.15) is 17.6 Å². The van der Waals surface area contributed by atoms with Crippen LogP contribution >= 0.6 is 11.3 Å². The monoisotopic (exact) mass is 672 g/mol. The van der Waals surface area contributed by atoms with Crippen molar-refractivity contribution in [3.8, 4) is 0 Å². The summed E-state index contributed by atoms with van der Waals surface area (Å²) in [4.78, 5) is 82.1. The van der Waals surface area contributed by atoms with Crippen molar-refractivity contribution in [2.75, 3.05) is 6.54 Å². The summed E-state index contributed by atoms with van der Waals surface area (Å²) in [6, 6.07) is 0.290. The van der Waals surface area contributed by atoms with Crippen molar-refractivity contribution in [3.63, 3.8) is 0 Å². The van der Waals surface area contributed by atoms with Gasteiger partial charge in [-0.2, -0.15) is 0 Å². The van der Waals surface area contributed by atoms with Gasteiger partial charge in [-0.15, -0.1) is 11.3 Å². The van der Waals surface area contributed by atoms with Gasteiger partial charge in [-0.1, -0.05) is 72.8 Å². The Labute approximate surface area is 281 Å². The molecule has 2 aliphatic carbocycles. The summed E-state index contributed by atoms with van der Waals surface area (Å²) in [6.07, 6.45) is 6.06. The fourth-order valence-corrected chi connectivity index (χ4v) is 7.36. The van der Waals surface area contributed by atoms with E-state index in [1.807, 2.05) is 52.1 Å². The molecule has 0 bridgehead atoms. The maximum atomic E-state index is 14.4. The third kappa shape index (κ3) is 9.33. The van der Waals surface area contributed by atoms with E-state index in [0.717, 1.165) is 37.0 Å². The van der Waals surface area contributed by atoms with E-state index >= 15 is 0 Å². The quantitative estimate of drug-likeness (QED) is 0.201. The van der Waals surface area contributed by atoms with Crippen LogP contribution in [0.5, 0.6) is 0 Å². The number of likely N-dealkylation sites (tertiary alicyclic amines) is 1. The SMILES string of the molecule is CC(C)[C@@H]1C[C@@H](C(=O)NC(CC2CC2)C(=O)C(N)=O)N(C(=O)[C@@H](NC(=O)NC2(C(=O)NCc3cccs3)CCCCC2)C(C)(C)C)C1. The van der Waals surface area contributed by atoms with Gasteiger partial charge in [-0.05, 0) is 60.3 Å². The molecule has 0 radical (unpaired) electrons. The molecule has 0 spiro atoms. The fraction of sp³-hybridized carbons (Fsp3) is 0.706. The van der Waals surface area contributed by atoms with E-state index in [4.69, 9.17) is 5.73 Å². The molecule has 3 fully saturated rings. The fourth-order valence-electron chi connectivity index (χ4n) is 6.71. The molecular formula is C34H52N6O6S. The van der Waals surface area contributed by atoms with Crippen LogP contribution in [0.3, 0.4) is 0 Å². The lowest BCUT2D eigenvalue weighted by Gasteiger charge is -2.39. The third-order valence-electron chi connectivity index (χ3n) is 9.89. The summed E-state index contributed by atoms with van der Waals surface area (Å²) < 4.78 is 0. The standard InChI is InChI=1S/C34H52N6O6S/c1-20(2)22-17-25(29(43)37-24(16-21-11-12-21)26(41)28(35)42)40(19-22)30(44)27(33(3,4)5)38-32(46)39-34(13-7-6-8-14-34)31(45)36-18-23-10-9-15-47-23/h9-10,15,20-22,24-25,27H,6-8,11-14,16-19H2,1-5H3,(H2,35,42)(H,36,45)(H,37,43)(H2,38,39,46)/t22-,24?,25+,27-/m1/s1. The second-order valence-corrected chi connectivity index (χ2v) is 16.0. The predicted octanol–water partition coefficient (Wildman–Crippen LogP) is 2.99. The van der Waals surface area contributed by atoms with Crippen LogP contribution in [0.15, 0.2) is 17.5 Å². The molecule has 3 aliphatic rings. The Bertz CT molecular complexity index is 1310. The Hall–Kier alpha value is -3.48. The normalized spacial score (nSPS) is 22.2. The molecule has 0 aromatic carbocycles. The highest BCUT2D eigenvalue weighted by Gasteiger charge is 2.47. The van der Waals surface area contributed by atoms with E-state index in [1.54, 1.807) is 11.3 Å². The molecule has 1 aromatic heterocycles. The van der Waals surface area contributed by atoms with Gasteiger partial charge in [0.25, 0.3) is 5.91 Å². The van der Waals surface area contributed by atoms with Crippen LogP contribution in [0.2, 0.25) is 0 Å². The molecule has 1 aliphatic heterocycles. The number of nitrogens with zero attached hydrogens (tertiary/aromatic N) is 1. The highest BCUT2D eigenvalue weighted by Crippen LogP contribution is 2.35. The summed E-state index contributed by atoms with van der Waals surface area (Å²) in [7, 11) is 0. The van der Waals surface area contributed by atoms with Gasteiger partial charge in [0.05, 0.1) is 12.6 Å². The average Bonchev–Trinajstić information content (AvgIpc) is 3.47. The Morgan fingerprint density at radius 1 is 1.04 bits per heavy atom. The van der Waals surface area contributed by atoms with Gasteiger partial charge in [0.15, 0.2) is 0 Å². The molecule has 260 valence electrons. The van der Waals surface area contributed by atoms with E-state index in [2.05, 4.69) is 21.3 Å². The molecule has 1 saturated heterocycles. The number of Topliss-reactive ketones (excluding diaryl/α,β-unsaturated/α-hetero) is 1. The Balaban J connectivity index is 1.51. The number of carbonyl (C=O) groups is 6. The third-order valence-corrected chi connectivity index (χ3v) is 10.8. The summed E-state index contributed by atoms with van der Waals surface area (Å²) in [5.74, 6) is -2.71. The molecule has 4 atom stereocenters. The summed E-state index contributed by atoms with van der Waals surface area (Å²) in [6.45, 7) is 10.2. The van der Waals surface area contributed by atoms with Crippen LogP contribution in [0.4, 0.5) is 4.79 Å². The van der Waals surface area contributed by atoms with Crippen molar-refractivity contribution in [2.45, 2.75) is 123 Å². The number of hydrogen-bond donors (Lipinski definition) is 5. The summed E-state index contributed by atoms with van der Waals surface area (Å²) >= 11 is 1.54. The highest BCUT2D eigenvalue weighted by molar-refractivity contribution is 7.09. The lowest BCUT2D eigenvalue weighted by atomic mass is 9.80. The van der Waals surface area contributed by atoms with Gasteiger partial charge in [0.2, 0.25) is 23.5 Å². The average molecular weight is 673 g/mol. The number of carbonyl (C=O) groups excluding carboxylic acids is 6. The summed E-state index contributed by atoms with van der Waals surface area (Å²) in [5.41, 5.74) is 3.44. The van der Waals surface area contributed by atoms with Crippen molar-refractivity contribution < 1.29 is 28.8 Å². The highest BCUT2D eigenvalue weighted by atomic mass is 32.1. The zero-order valence-corrected chi connectivity index (χ0v) is 29.2. The van der Waals surface area contributed by atoms with Crippen molar-refractivity contribution in [2.24, 2.45) is 28.9 Å². The molecule has 47 heavy (non-hydrogen) atoms. The number of nitrogens with one attached hydrogen (secondary N) is 4. The Kier molecular flexibility index (Phi) is 11.7. The van der Waals surface area contributed by atoms with E-state index in [9.17, 15) is 28.8 Å². The molecule has 2 heterocycles. The van der Waals surface area contributed by atoms with Crippen molar-refractivity contribution in [3.05, 3.63) is 22.4 Å². The Morgan fingerprint density at radius 2 is 1.72 bits per heavy atom. The van der Waals surface area contributed by atoms with Crippen molar-refractivity contribution >= 4 is 46.8 Å². The first-order chi connectivity index (χ1) is 22.1. The minimum absolute atomic E-state index is 0.00965. The largest absolute Gasteiger partial charge is 0.363 e. The van der Waals surface area contributed by atoms with Crippen molar-refractivity contribution in [1.82, 2.24) is 26.2 Å². The minimum Gasteiger partial charge on any atom is -0.363 e. The van der Waals surface area contributed by atoms with Gasteiger partial charge >= 0.3 is 6.03 Å². The molecular weight excluding hydrogens is 620 g/mol. The molecule has 13 heteroatoms. The Morgan fingerprint density at radius 3 is 2.28 bits per heavy atom. The molecule has 6 N–H and O–H groups in total. The number of urea groups is 1. The first-order valence-electron chi connectivity index (χ1n) is 16.9. The maximum absolute atomic E-state index is 14.4. The van der Waals surface area contributed by atoms with Crippen LogP contribution in [-0.4, -0.2) is 70.6 Å². The summed E-state index contributed by atoms with van der Waals surface area (Å²) in [5, 5.41) is 13.5. The molecule has 2 saturated carbocycles. The first-order valence-corrected chi connectivity index (χ1v) is 17.8. The van der Waals surface area contributed by atoms with Crippen LogP contribution in [-0.2, 0) is 30.5 Å². The van der Waals surface area contributed by atoms with E-state index in [1.165, 1.54) is 4.90 Å². The first kappa shape index (κ1) is 36.4. The molecule has 6 amide bonds. The minimum atomic E-state index is -1.10. The lowest BCUT2D eigenvalue weighted by Crippen LogP contribution is -2.65. The lowest BCUT2D eigenvalue weighted by molar-refractivity contribution is -0.143. The van der Waals surface area contributed by atoms with Crippen LogP contribution in [0.1, 0.15) is 97.3 Å². The van der Waals surface area contributed by atoms with Gasteiger partial charge in [-0.25, -0.2) is 4.79 Å². The molecule has 12 nitrogen and oxygen atoms in total. The second-order valence-electron chi connectivity index (χ2n) is 15.0. The smallest absolute Gasteiger partial charge is 0.316 e.